The molecule has 34 heavy (non-hydrogen) atoms. The van der Waals surface area contributed by atoms with E-state index in [1.807, 2.05) is 11.8 Å². The molecule has 2 aliphatic heterocycles. The van der Waals surface area contributed by atoms with Crippen molar-refractivity contribution in [2.75, 3.05) is 36.0 Å². The fourth-order valence-electron chi connectivity index (χ4n) is 5.42. The number of amides is 1. The zero-order valence-corrected chi connectivity index (χ0v) is 19.8. The van der Waals surface area contributed by atoms with E-state index in [0.29, 0.717) is 50.4 Å². The third-order valence-corrected chi connectivity index (χ3v) is 7.46. The van der Waals surface area contributed by atoms with Gasteiger partial charge in [0.25, 0.3) is 0 Å². The number of hydrogen-bond donors (Lipinski definition) is 0. The molecule has 174 valence electrons. The molecule has 2 fully saturated rings. The molecule has 0 aromatic carbocycles. The fraction of sp³-hybridized carbons (Fsp3) is 0.520. The van der Waals surface area contributed by atoms with Gasteiger partial charge in [0, 0.05) is 49.4 Å². The number of aromatic nitrogens is 3. The van der Waals surface area contributed by atoms with E-state index in [1.165, 1.54) is 0 Å². The van der Waals surface area contributed by atoms with Gasteiger partial charge >= 0.3 is 0 Å². The predicted octanol–water partition coefficient (Wildman–Crippen LogP) is 2.90. The molecular formula is C25H28N8O. The van der Waals surface area contributed by atoms with Crippen LogP contribution in [0.2, 0.25) is 0 Å². The summed E-state index contributed by atoms with van der Waals surface area (Å²) in [7, 11) is 0. The third kappa shape index (κ3) is 3.35. The zero-order valence-electron chi connectivity index (χ0n) is 19.8. The molecule has 1 saturated heterocycles. The number of nitrogens with zero attached hydrogens (tertiary/aromatic N) is 8. The number of fused-ring (bicyclic) bond motifs is 1. The van der Waals surface area contributed by atoms with Crippen LogP contribution in [0.3, 0.4) is 0 Å². The Balaban J connectivity index is 1.43. The molecule has 0 bridgehead atoms. The summed E-state index contributed by atoms with van der Waals surface area (Å²) in [5.41, 5.74) is 0.559. The van der Waals surface area contributed by atoms with E-state index in [9.17, 15) is 15.3 Å². The summed E-state index contributed by atoms with van der Waals surface area (Å²) >= 11 is 0. The van der Waals surface area contributed by atoms with E-state index >= 15 is 0 Å². The van der Waals surface area contributed by atoms with E-state index in [2.05, 4.69) is 50.7 Å². The van der Waals surface area contributed by atoms with Crippen LogP contribution in [0, 0.1) is 28.1 Å². The normalized spacial score (nSPS) is 22.4. The number of anilines is 3. The van der Waals surface area contributed by atoms with Crippen molar-refractivity contribution in [1.29, 1.82) is 10.5 Å². The molecule has 9 heteroatoms. The van der Waals surface area contributed by atoms with Crippen molar-refractivity contribution in [2.45, 2.75) is 51.5 Å². The molecule has 0 spiro atoms. The summed E-state index contributed by atoms with van der Waals surface area (Å²) < 4.78 is 0. The molecule has 2 aromatic rings. The van der Waals surface area contributed by atoms with Crippen molar-refractivity contribution in [3.8, 4) is 12.1 Å². The van der Waals surface area contributed by atoms with Crippen LogP contribution in [-0.2, 0) is 10.2 Å². The highest BCUT2D eigenvalue weighted by molar-refractivity contribution is 5.87. The highest BCUT2D eigenvalue weighted by Gasteiger charge is 2.49. The van der Waals surface area contributed by atoms with Gasteiger partial charge in [-0.3, -0.25) is 4.79 Å². The number of rotatable bonds is 3. The van der Waals surface area contributed by atoms with Gasteiger partial charge in [0.2, 0.25) is 5.91 Å². The largest absolute Gasteiger partial charge is 0.352 e. The Morgan fingerprint density at radius 2 is 1.91 bits per heavy atom. The Labute approximate surface area is 199 Å². The second-order valence-electron chi connectivity index (χ2n) is 10.2. The van der Waals surface area contributed by atoms with Gasteiger partial charge in [-0.25, -0.2) is 15.0 Å². The van der Waals surface area contributed by atoms with Crippen LogP contribution in [0.15, 0.2) is 24.7 Å². The molecule has 1 aliphatic carbocycles. The van der Waals surface area contributed by atoms with Crippen LogP contribution in [0.25, 0.3) is 0 Å². The van der Waals surface area contributed by atoms with Crippen molar-refractivity contribution >= 4 is 23.4 Å². The maximum absolute atomic E-state index is 13.2. The average molecular weight is 457 g/mol. The van der Waals surface area contributed by atoms with Gasteiger partial charge < -0.3 is 14.7 Å². The summed E-state index contributed by atoms with van der Waals surface area (Å²) in [5.74, 6) is 2.37. The first-order valence-electron chi connectivity index (χ1n) is 11.8. The lowest BCUT2D eigenvalue weighted by molar-refractivity contribution is -0.145. The number of carbonyl (C=O) groups is 1. The first-order valence-corrected chi connectivity index (χ1v) is 11.8. The summed E-state index contributed by atoms with van der Waals surface area (Å²) in [4.78, 5) is 33.1. The van der Waals surface area contributed by atoms with Crippen LogP contribution in [0.1, 0.15) is 51.2 Å². The predicted molar refractivity (Wildman–Crippen MR) is 126 cm³/mol. The van der Waals surface area contributed by atoms with Crippen molar-refractivity contribution in [2.24, 2.45) is 5.41 Å². The number of nitriles is 2. The van der Waals surface area contributed by atoms with Crippen molar-refractivity contribution < 1.29 is 4.79 Å². The average Bonchev–Trinajstić information content (AvgIpc) is 3.09. The minimum Gasteiger partial charge on any atom is -0.352 e. The van der Waals surface area contributed by atoms with E-state index in [0.717, 1.165) is 23.6 Å². The maximum Gasteiger partial charge on any atom is 0.243 e. The number of pyridine rings is 1. The van der Waals surface area contributed by atoms with Gasteiger partial charge in [-0.1, -0.05) is 13.8 Å². The van der Waals surface area contributed by atoms with Crippen LogP contribution in [-0.4, -0.2) is 58.0 Å². The Morgan fingerprint density at radius 1 is 1.15 bits per heavy atom. The Hall–Kier alpha value is -3.72. The van der Waals surface area contributed by atoms with Gasteiger partial charge in [0.15, 0.2) is 0 Å². The van der Waals surface area contributed by atoms with Gasteiger partial charge in [-0.15, -0.1) is 0 Å². The van der Waals surface area contributed by atoms with Crippen LogP contribution in [0.5, 0.6) is 0 Å². The molecule has 2 aromatic heterocycles. The molecule has 4 heterocycles. The van der Waals surface area contributed by atoms with Crippen molar-refractivity contribution in [3.05, 3.63) is 35.8 Å². The Morgan fingerprint density at radius 3 is 2.56 bits per heavy atom. The van der Waals surface area contributed by atoms with Gasteiger partial charge in [-0.2, -0.15) is 10.5 Å². The minimum absolute atomic E-state index is 0.0173. The second kappa shape index (κ2) is 7.95. The summed E-state index contributed by atoms with van der Waals surface area (Å²) in [5, 5.41) is 18.9. The van der Waals surface area contributed by atoms with E-state index < -0.39 is 5.41 Å². The van der Waals surface area contributed by atoms with Gasteiger partial charge in [-0.05, 0) is 38.3 Å². The van der Waals surface area contributed by atoms with Crippen LogP contribution in [0.4, 0.5) is 17.5 Å². The molecule has 0 N–H and O–H groups in total. The minimum atomic E-state index is -0.819. The first-order chi connectivity index (χ1) is 16.3. The molecule has 9 nitrogen and oxygen atoms in total. The standard InChI is InChI=1S/C25H28N8O/c1-17-13-31(9-10-32(17)23(34)25(14-27)6-4-7-25)21-20-22(30-16-29-21)33(15-24(20,2)3)19-11-18(12-26)5-8-28-19/h5,8,11,16-17H,4,6-7,9-10,13,15H2,1-3H3/t17-/m1/s1. The highest BCUT2D eigenvalue weighted by Crippen LogP contribution is 2.47. The topological polar surface area (TPSA) is 113 Å². The quantitative estimate of drug-likeness (QED) is 0.693. The smallest absolute Gasteiger partial charge is 0.243 e. The van der Waals surface area contributed by atoms with Gasteiger partial charge in [0.1, 0.15) is 29.2 Å². The van der Waals surface area contributed by atoms with Gasteiger partial charge in [0.05, 0.1) is 17.7 Å². The SMILES string of the molecule is C[C@@H]1CN(c2ncnc3c2C(C)(C)CN3c2cc(C#N)ccn2)CCN1C(=O)C1(C#N)CCC1. The molecule has 1 amide bonds. The number of carbonyl (C=O) groups excluding carboxylic acids is 1. The second-order valence-corrected chi connectivity index (χ2v) is 10.2. The van der Waals surface area contributed by atoms with Crippen LogP contribution < -0.4 is 9.80 Å². The lowest BCUT2D eigenvalue weighted by atomic mass is 9.68. The summed E-state index contributed by atoms with van der Waals surface area (Å²) in [6, 6.07) is 7.93. The maximum atomic E-state index is 13.2. The third-order valence-electron chi connectivity index (χ3n) is 7.46. The Kier molecular flexibility index (Phi) is 5.16. The summed E-state index contributed by atoms with van der Waals surface area (Å²) in [6.45, 7) is 8.93. The van der Waals surface area contributed by atoms with E-state index in [-0.39, 0.29) is 17.4 Å². The van der Waals surface area contributed by atoms with E-state index in [1.54, 1.807) is 24.7 Å². The first kappa shape index (κ1) is 22.1. The molecule has 0 radical (unpaired) electrons. The number of piperazine rings is 1. The molecule has 3 aliphatic rings. The monoisotopic (exact) mass is 456 g/mol. The molecule has 1 saturated carbocycles. The van der Waals surface area contributed by atoms with Crippen molar-refractivity contribution in [3.63, 3.8) is 0 Å². The fourth-order valence-corrected chi connectivity index (χ4v) is 5.42. The molecule has 5 rings (SSSR count). The molecular weight excluding hydrogens is 428 g/mol. The molecule has 0 unspecified atom stereocenters. The zero-order chi connectivity index (χ0) is 24.1. The van der Waals surface area contributed by atoms with Crippen molar-refractivity contribution in [1.82, 2.24) is 19.9 Å². The van der Waals surface area contributed by atoms with Crippen LogP contribution >= 0.6 is 0 Å². The molecule has 1 atom stereocenters. The lowest BCUT2D eigenvalue weighted by Gasteiger charge is -2.45. The summed E-state index contributed by atoms with van der Waals surface area (Å²) in [6.07, 6.45) is 5.50. The lowest BCUT2D eigenvalue weighted by Crippen LogP contribution is -2.59. The number of hydrogen-bond acceptors (Lipinski definition) is 8. The highest BCUT2D eigenvalue weighted by atomic mass is 16.2. The Bertz CT molecular complexity index is 1220. The van der Waals surface area contributed by atoms with E-state index in [4.69, 9.17) is 0 Å².